The minimum Gasteiger partial charge on any atom is -0.399 e. The van der Waals surface area contributed by atoms with Crippen molar-refractivity contribution < 1.29 is 14.3 Å². The molecule has 0 unspecified atom stereocenters. The molecule has 1 fully saturated rings. The number of rotatable bonds is 7. The largest absolute Gasteiger partial charge is 0.399 e. The lowest BCUT2D eigenvalue weighted by molar-refractivity contribution is 0.0724. The van der Waals surface area contributed by atoms with E-state index in [2.05, 4.69) is 10.3 Å². The Morgan fingerprint density at radius 1 is 1.09 bits per heavy atom. The molecule has 4 rings (SSSR count). The van der Waals surface area contributed by atoms with Crippen molar-refractivity contribution in [3.63, 3.8) is 0 Å². The van der Waals surface area contributed by atoms with Crippen molar-refractivity contribution in [3.05, 3.63) is 53.6 Å². The van der Waals surface area contributed by atoms with Crippen LogP contribution >= 0.6 is 0 Å². The van der Waals surface area contributed by atoms with Crippen molar-refractivity contribution in [3.8, 4) is 0 Å². The highest BCUT2D eigenvalue weighted by atomic mass is 16.5. The molecule has 1 aromatic heterocycles. The molecular weight excluding hydrogens is 406 g/mol. The molecule has 8 heteroatoms. The maximum atomic E-state index is 12.9. The first-order valence-electron chi connectivity index (χ1n) is 11.0. The number of fused-ring (bicyclic) bond motifs is 1. The summed E-state index contributed by atoms with van der Waals surface area (Å²) in [5, 5.41) is 2.90. The Hall–Kier alpha value is -3.39. The second-order valence-corrected chi connectivity index (χ2v) is 8.07. The number of amides is 2. The van der Waals surface area contributed by atoms with Crippen LogP contribution in [0.1, 0.15) is 46.4 Å². The Morgan fingerprint density at radius 2 is 1.91 bits per heavy atom. The van der Waals surface area contributed by atoms with E-state index in [1.54, 1.807) is 31.4 Å². The van der Waals surface area contributed by atoms with E-state index in [0.29, 0.717) is 41.4 Å². The highest BCUT2D eigenvalue weighted by molar-refractivity contribution is 6.05. The zero-order chi connectivity index (χ0) is 22.5. The summed E-state index contributed by atoms with van der Waals surface area (Å²) >= 11 is 0. The van der Waals surface area contributed by atoms with Gasteiger partial charge in [-0.2, -0.15) is 0 Å². The molecule has 2 heterocycles. The molecule has 2 amide bonds. The summed E-state index contributed by atoms with van der Waals surface area (Å²) in [5.41, 5.74) is 8.95. The fourth-order valence-electron chi connectivity index (χ4n) is 4.08. The molecular formula is C24H29N5O3. The normalized spacial score (nSPS) is 14.0. The number of aryl methyl sites for hydroxylation is 1. The van der Waals surface area contributed by atoms with E-state index in [1.165, 1.54) is 6.42 Å². The lowest BCUT2D eigenvalue weighted by atomic mass is 10.1. The Kier molecular flexibility index (Phi) is 6.70. The van der Waals surface area contributed by atoms with Gasteiger partial charge in [-0.3, -0.25) is 14.9 Å². The van der Waals surface area contributed by atoms with Crippen molar-refractivity contribution in [2.45, 2.75) is 32.2 Å². The lowest BCUT2D eigenvalue weighted by Gasteiger charge is -2.26. The number of methoxy groups -OCH3 is 1. The topological polar surface area (TPSA) is 102 Å². The number of carbonyl (C=O) groups excluding carboxylic acids is 2. The molecule has 3 aromatic rings. The van der Waals surface area contributed by atoms with Gasteiger partial charge in [-0.15, -0.1) is 0 Å². The number of nitrogens with two attached hydrogens (primary N) is 1. The Balaban J connectivity index is 1.64. The van der Waals surface area contributed by atoms with Gasteiger partial charge in [0.15, 0.2) is 0 Å². The minimum atomic E-state index is -0.287. The fourth-order valence-corrected chi connectivity index (χ4v) is 4.08. The van der Waals surface area contributed by atoms with Crippen LogP contribution in [0.25, 0.3) is 11.0 Å². The van der Waals surface area contributed by atoms with Crippen molar-refractivity contribution in [2.24, 2.45) is 0 Å². The number of carbonyl (C=O) groups is 2. The van der Waals surface area contributed by atoms with Crippen LogP contribution in [0.4, 0.5) is 11.6 Å². The molecule has 0 atom stereocenters. The van der Waals surface area contributed by atoms with Crippen molar-refractivity contribution >= 4 is 34.5 Å². The molecule has 0 bridgehead atoms. The average molecular weight is 436 g/mol. The Morgan fingerprint density at radius 3 is 2.66 bits per heavy atom. The van der Waals surface area contributed by atoms with Crippen LogP contribution in [0.15, 0.2) is 42.5 Å². The number of anilines is 2. The van der Waals surface area contributed by atoms with Gasteiger partial charge in [0.25, 0.3) is 11.8 Å². The zero-order valence-corrected chi connectivity index (χ0v) is 18.3. The van der Waals surface area contributed by atoms with E-state index in [-0.39, 0.29) is 11.8 Å². The summed E-state index contributed by atoms with van der Waals surface area (Å²) in [6, 6.07) is 12.4. The highest BCUT2D eigenvalue weighted by Crippen LogP contribution is 2.24. The molecule has 32 heavy (non-hydrogen) atoms. The second-order valence-electron chi connectivity index (χ2n) is 8.07. The first-order chi connectivity index (χ1) is 15.6. The first kappa shape index (κ1) is 21.8. The molecule has 2 aromatic carbocycles. The number of imidazole rings is 1. The maximum absolute atomic E-state index is 12.9. The summed E-state index contributed by atoms with van der Waals surface area (Å²) in [7, 11) is 1.66. The predicted octanol–water partition coefficient (Wildman–Crippen LogP) is 3.53. The quantitative estimate of drug-likeness (QED) is 0.437. The maximum Gasteiger partial charge on any atom is 0.258 e. The van der Waals surface area contributed by atoms with Crippen LogP contribution in [0, 0.1) is 0 Å². The third kappa shape index (κ3) is 4.75. The standard InChI is InChI=1S/C24H29N5O3/c1-32-14-6-13-29-21-10-9-18(23(31)28-11-3-2-4-12-28)16-20(21)26-24(29)27-22(30)17-7-5-8-19(25)15-17/h5,7-10,15-16H,2-4,6,11-14,25H2,1H3,(H,26,27,30). The van der Waals surface area contributed by atoms with Crippen molar-refractivity contribution in [2.75, 3.05) is 37.9 Å². The van der Waals surface area contributed by atoms with E-state index in [1.807, 2.05) is 27.7 Å². The van der Waals surface area contributed by atoms with Gasteiger partial charge in [-0.25, -0.2) is 4.98 Å². The summed E-state index contributed by atoms with van der Waals surface area (Å²) < 4.78 is 7.14. The number of benzene rings is 2. The number of ether oxygens (including phenoxy) is 1. The van der Waals surface area contributed by atoms with E-state index >= 15 is 0 Å². The van der Waals surface area contributed by atoms with Crippen LogP contribution in [0.2, 0.25) is 0 Å². The molecule has 0 radical (unpaired) electrons. The Bertz CT molecular complexity index is 1120. The van der Waals surface area contributed by atoms with Crippen LogP contribution in [-0.4, -0.2) is 53.1 Å². The van der Waals surface area contributed by atoms with Gasteiger partial charge in [0.1, 0.15) is 0 Å². The van der Waals surface area contributed by atoms with Crippen molar-refractivity contribution in [1.29, 1.82) is 0 Å². The zero-order valence-electron chi connectivity index (χ0n) is 18.3. The smallest absolute Gasteiger partial charge is 0.258 e. The molecule has 0 spiro atoms. The number of aromatic nitrogens is 2. The van der Waals surface area contributed by atoms with Gasteiger partial charge in [-0.1, -0.05) is 6.07 Å². The van der Waals surface area contributed by atoms with Gasteiger partial charge in [0.05, 0.1) is 11.0 Å². The second kappa shape index (κ2) is 9.82. The molecule has 1 aliphatic heterocycles. The summed E-state index contributed by atoms with van der Waals surface area (Å²) in [4.78, 5) is 32.3. The van der Waals surface area contributed by atoms with E-state index in [4.69, 9.17) is 10.5 Å². The van der Waals surface area contributed by atoms with Gasteiger partial charge >= 0.3 is 0 Å². The Labute approximate surface area is 187 Å². The molecule has 0 aliphatic carbocycles. The third-order valence-corrected chi connectivity index (χ3v) is 5.74. The molecule has 168 valence electrons. The van der Waals surface area contributed by atoms with Gasteiger partial charge < -0.3 is 19.9 Å². The number of nitrogens with zero attached hydrogens (tertiary/aromatic N) is 3. The fraction of sp³-hybridized carbons (Fsp3) is 0.375. The summed E-state index contributed by atoms with van der Waals surface area (Å²) in [5.74, 6) is 0.183. The van der Waals surface area contributed by atoms with Gasteiger partial charge in [-0.05, 0) is 62.1 Å². The molecule has 3 N–H and O–H groups in total. The number of likely N-dealkylation sites (tertiary alicyclic amines) is 1. The van der Waals surface area contributed by atoms with E-state index < -0.39 is 0 Å². The monoisotopic (exact) mass is 435 g/mol. The highest BCUT2D eigenvalue weighted by Gasteiger charge is 2.20. The molecule has 1 aliphatic rings. The molecule has 0 saturated carbocycles. The predicted molar refractivity (Wildman–Crippen MR) is 125 cm³/mol. The SMILES string of the molecule is COCCCn1c(NC(=O)c2cccc(N)c2)nc2cc(C(=O)N3CCCCC3)ccc21. The number of nitrogen functional groups attached to an aromatic ring is 1. The third-order valence-electron chi connectivity index (χ3n) is 5.74. The molecule has 1 saturated heterocycles. The van der Waals surface area contributed by atoms with Crippen molar-refractivity contribution in [1.82, 2.24) is 14.5 Å². The molecule has 8 nitrogen and oxygen atoms in total. The van der Waals surface area contributed by atoms with E-state index in [9.17, 15) is 9.59 Å². The lowest BCUT2D eigenvalue weighted by Crippen LogP contribution is -2.35. The minimum absolute atomic E-state index is 0.0332. The van der Waals surface area contributed by atoms with Gasteiger partial charge in [0.2, 0.25) is 5.95 Å². The number of hydrogen-bond donors (Lipinski definition) is 2. The number of hydrogen-bond acceptors (Lipinski definition) is 5. The van der Waals surface area contributed by atoms with E-state index in [0.717, 1.165) is 37.9 Å². The van der Waals surface area contributed by atoms with Crippen LogP contribution in [0.3, 0.4) is 0 Å². The van der Waals surface area contributed by atoms with Gasteiger partial charge in [0, 0.05) is 50.2 Å². The summed E-state index contributed by atoms with van der Waals surface area (Å²) in [6.07, 6.45) is 4.02. The number of nitrogens with one attached hydrogen (secondary N) is 1. The first-order valence-corrected chi connectivity index (χ1v) is 11.0. The average Bonchev–Trinajstić information content (AvgIpc) is 3.15. The summed E-state index contributed by atoms with van der Waals surface area (Å²) in [6.45, 7) is 2.80. The van der Waals surface area contributed by atoms with Crippen LogP contribution < -0.4 is 11.1 Å². The van der Waals surface area contributed by atoms with Crippen LogP contribution in [-0.2, 0) is 11.3 Å². The van der Waals surface area contributed by atoms with Crippen LogP contribution in [0.5, 0.6) is 0 Å². The number of piperidine rings is 1.